The van der Waals surface area contributed by atoms with Crippen LogP contribution in [0.5, 0.6) is 0 Å². The molecule has 0 bridgehead atoms. The lowest BCUT2D eigenvalue weighted by Crippen LogP contribution is -2.62. The van der Waals surface area contributed by atoms with Crippen molar-refractivity contribution >= 4 is 34.4 Å². The number of hydrogen-bond acceptors (Lipinski definition) is 3. The van der Waals surface area contributed by atoms with Crippen LogP contribution in [-0.4, -0.2) is 71.2 Å². The van der Waals surface area contributed by atoms with Crippen LogP contribution in [0.15, 0.2) is 24.4 Å². The fourth-order valence-corrected chi connectivity index (χ4v) is 5.98. The van der Waals surface area contributed by atoms with Gasteiger partial charge in [-0.25, -0.2) is 4.79 Å². The summed E-state index contributed by atoms with van der Waals surface area (Å²) in [5.41, 5.74) is 2.66. The first-order chi connectivity index (χ1) is 16.0. The Labute approximate surface area is 199 Å². The lowest BCUT2D eigenvalue weighted by molar-refractivity contribution is -0.139. The van der Waals surface area contributed by atoms with Gasteiger partial charge in [-0.05, 0) is 67.7 Å². The van der Waals surface area contributed by atoms with Gasteiger partial charge in [0.1, 0.15) is 6.61 Å². The second kappa shape index (κ2) is 8.51. The van der Waals surface area contributed by atoms with E-state index in [-0.39, 0.29) is 30.7 Å². The van der Waals surface area contributed by atoms with Crippen molar-refractivity contribution in [2.24, 2.45) is 5.92 Å². The van der Waals surface area contributed by atoms with Crippen molar-refractivity contribution < 1.29 is 14.3 Å². The van der Waals surface area contributed by atoms with Crippen molar-refractivity contribution in [1.82, 2.24) is 19.7 Å². The highest BCUT2D eigenvalue weighted by molar-refractivity contribution is 6.31. The third-order valence-electron chi connectivity index (χ3n) is 7.83. The van der Waals surface area contributed by atoms with Crippen LogP contribution in [0.25, 0.3) is 10.9 Å². The van der Waals surface area contributed by atoms with E-state index in [2.05, 4.69) is 28.2 Å². The number of rotatable bonds is 3. The number of hydrogen-bond donors (Lipinski definition) is 1. The van der Waals surface area contributed by atoms with Gasteiger partial charge in [0.15, 0.2) is 0 Å². The van der Waals surface area contributed by atoms with Crippen LogP contribution in [0.4, 0.5) is 4.79 Å². The first-order valence-corrected chi connectivity index (χ1v) is 12.7. The Hall–Kier alpha value is -2.25. The molecule has 7 nitrogen and oxygen atoms in total. The molecular formula is C25H31ClN4O3. The minimum Gasteiger partial charge on any atom is -0.366 e. The Bertz CT molecular complexity index is 1070. The molecule has 176 valence electrons. The summed E-state index contributed by atoms with van der Waals surface area (Å²) in [5, 5.41) is 5.03. The molecule has 1 N–H and O–H groups in total. The predicted octanol–water partition coefficient (Wildman–Crippen LogP) is 3.59. The molecule has 3 saturated heterocycles. The topological polar surface area (TPSA) is 66.8 Å². The third kappa shape index (κ3) is 4.21. The number of fused-ring (bicyclic) bond motifs is 2. The number of benzene rings is 1. The summed E-state index contributed by atoms with van der Waals surface area (Å²) in [6.45, 7) is 3.95. The molecule has 0 spiro atoms. The van der Waals surface area contributed by atoms with E-state index in [1.54, 1.807) is 0 Å². The Balaban J connectivity index is 1.13. The first-order valence-electron chi connectivity index (χ1n) is 12.3. The number of likely N-dealkylation sites (tertiary alicyclic amines) is 2. The summed E-state index contributed by atoms with van der Waals surface area (Å²) >= 11 is 6.36. The zero-order chi connectivity index (χ0) is 22.5. The van der Waals surface area contributed by atoms with Crippen molar-refractivity contribution in [3.05, 3.63) is 35.0 Å². The Morgan fingerprint density at radius 2 is 1.88 bits per heavy atom. The van der Waals surface area contributed by atoms with Gasteiger partial charge in [-0.3, -0.25) is 4.79 Å². The highest BCUT2D eigenvalue weighted by Gasteiger charge is 2.38. The van der Waals surface area contributed by atoms with Crippen LogP contribution in [0.3, 0.4) is 0 Å². The number of ether oxygens (including phenoxy) is 1. The molecule has 4 heterocycles. The largest absolute Gasteiger partial charge is 0.366 e. The molecule has 8 heteroatoms. The molecule has 4 fully saturated rings. The number of amides is 3. The molecule has 1 aromatic heterocycles. The third-order valence-corrected chi connectivity index (χ3v) is 8.06. The summed E-state index contributed by atoms with van der Waals surface area (Å²) in [7, 11) is 0. The van der Waals surface area contributed by atoms with E-state index in [1.807, 2.05) is 15.9 Å². The summed E-state index contributed by atoms with van der Waals surface area (Å²) in [6.07, 6.45) is 7.72. The van der Waals surface area contributed by atoms with Crippen LogP contribution in [0.2, 0.25) is 5.02 Å². The standard InChI is InChI=1S/C25H31ClN4O3/c26-18-3-4-22-19(11-18)20(13-30(22)12-16-1-2-16)17-5-8-28(9-6-17)25(32)29-10-7-23-21(14-29)27-24(31)15-33-23/h3-4,11,13,16-17,21,23H,1-2,5-10,12,14-15H2,(H,27,31)/t21-,23-/m1/s1. The van der Waals surface area contributed by atoms with E-state index < -0.39 is 0 Å². The first kappa shape index (κ1) is 21.3. The summed E-state index contributed by atoms with van der Waals surface area (Å²) in [6, 6.07) is 6.24. The van der Waals surface area contributed by atoms with Crippen molar-refractivity contribution in [3.8, 4) is 0 Å². The second-order valence-corrected chi connectivity index (χ2v) is 10.6. The summed E-state index contributed by atoms with van der Waals surface area (Å²) in [5.74, 6) is 1.16. The zero-order valence-corrected chi connectivity index (χ0v) is 19.6. The Kier molecular flexibility index (Phi) is 5.49. The molecule has 33 heavy (non-hydrogen) atoms. The average Bonchev–Trinajstić information content (AvgIpc) is 3.58. The van der Waals surface area contributed by atoms with Gasteiger partial charge in [-0.1, -0.05) is 11.6 Å². The monoisotopic (exact) mass is 470 g/mol. The number of nitrogens with one attached hydrogen (secondary N) is 1. The van der Waals surface area contributed by atoms with Crippen molar-refractivity contribution in [2.45, 2.75) is 56.7 Å². The summed E-state index contributed by atoms with van der Waals surface area (Å²) < 4.78 is 8.05. The smallest absolute Gasteiger partial charge is 0.320 e. The number of nitrogens with zero attached hydrogens (tertiary/aromatic N) is 3. The second-order valence-electron chi connectivity index (χ2n) is 10.1. The minimum atomic E-state index is -0.0937. The molecule has 2 atom stereocenters. The van der Waals surface area contributed by atoms with E-state index in [9.17, 15) is 9.59 Å². The highest BCUT2D eigenvalue weighted by Crippen LogP contribution is 2.38. The highest BCUT2D eigenvalue weighted by atomic mass is 35.5. The maximum Gasteiger partial charge on any atom is 0.320 e. The van der Waals surface area contributed by atoms with Gasteiger partial charge in [0.25, 0.3) is 0 Å². The number of halogens is 1. The van der Waals surface area contributed by atoms with Crippen LogP contribution in [-0.2, 0) is 16.1 Å². The number of carbonyl (C=O) groups excluding carboxylic acids is 2. The van der Waals surface area contributed by atoms with Gasteiger partial charge < -0.3 is 24.4 Å². The SMILES string of the molecule is O=C1CO[C@@H]2CCN(C(=O)N3CCC(c4cn(CC5CC5)c5ccc(Cl)cc45)CC3)C[C@H]2N1. The van der Waals surface area contributed by atoms with Gasteiger partial charge in [-0.2, -0.15) is 0 Å². The van der Waals surface area contributed by atoms with Crippen LogP contribution >= 0.6 is 11.6 Å². The molecule has 0 radical (unpaired) electrons. The molecule has 4 aliphatic rings. The fraction of sp³-hybridized carbons (Fsp3) is 0.600. The van der Waals surface area contributed by atoms with E-state index in [4.69, 9.17) is 16.3 Å². The molecule has 2 aromatic rings. The van der Waals surface area contributed by atoms with Crippen LogP contribution < -0.4 is 5.32 Å². The van der Waals surface area contributed by atoms with Crippen molar-refractivity contribution in [2.75, 3.05) is 32.8 Å². The summed E-state index contributed by atoms with van der Waals surface area (Å²) in [4.78, 5) is 28.8. The van der Waals surface area contributed by atoms with Crippen molar-refractivity contribution in [1.29, 1.82) is 0 Å². The van der Waals surface area contributed by atoms with Crippen molar-refractivity contribution in [3.63, 3.8) is 0 Å². The molecule has 6 rings (SSSR count). The molecular weight excluding hydrogens is 440 g/mol. The zero-order valence-electron chi connectivity index (χ0n) is 18.8. The molecule has 1 aromatic carbocycles. The molecule has 3 amide bonds. The molecule has 3 aliphatic heterocycles. The van der Waals surface area contributed by atoms with Gasteiger partial charge >= 0.3 is 6.03 Å². The maximum absolute atomic E-state index is 13.2. The van der Waals surface area contributed by atoms with Gasteiger partial charge in [-0.15, -0.1) is 0 Å². The lowest BCUT2D eigenvalue weighted by atomic mass is 9.89. The van der Waals surface area contributed by atoms with E-state index >= 15 is 0 Å². The normalized spacial score (nSPS) is 26.4. The van der Waals surface area contributed by atoms with Gasteiger partial charge in [0.05, 0.1) is 12.1 Å². The minimum absolute atomic E-state index is 0.0252. The van der Waals surface area contributed by atoms with Crippen LogP contribution in [0, 0.1) is 5.92 Å². The predicted molar refractivity (Wildman–Crippen MR) is 126 cm³/mol. The van der Waals surface area contributed by atoms with E-state index in [1.165, 1.54) is 29.3 Å². The number of urea groups is 1. The maximum atomic E-state index is 13.2. The molecule has 0 unspecified atom stereocenters. The fourth-order valence-electron chi connectivity index (χ4n) is 5.81. The Morgan fingerprint density at radius 1 is 1.09 bits per heavy atom. The quantitative estimate of drug-likeness (QED) is 0.745. The lowest BCUT2D eigenvalue weighted by Gasteiger charge is -2.43. The van der Waals surface area contributed by atoms with Gasteiger partial charge in [0.2, 0.25) is 5.91 Å². The van der Waals surface area contributed by atoms with E-state index in [0.717, 1.165) is 49.8 Å². The van der Waals surface area contributed by atoms with Gasteiger partial charge in [0, 0.05) is 54.8 Å². The molecule has 1 saturated carbocycles. The number of carbonyl (C=O) groups is 2. The number of morpholine rings is 1. The van der Waals surface area contributed by atoms with E-state index in [0.29, 0.717) is 19.0 Å². The number of piperidine rings is 2. The average molecular weight is 471 g/mol. The Morgan fingerprint density at radius 3 is 2.67 bits per heavy atom. The molecule has 1 aliphatic carbocycles. The van der Waals surface area contributed by atoms with Crippen LogP contribution in [0.1, 0.15) is 43.6 Å². The number of aromatic nitrogens is 1.